The molecule has 258 valence electrons. The summed E-state index contributed by atoms with van der Waals surface area (Å²) in [4.78, 5) is 27.0. The summed E-state index contributed by atoms with van der Waals surface area (Å²) < 4.78 is 7.62. The first-order valence-electron chi connectivity index (χ1n) is 15.8. The van der Waals surface area contributed by atoms with Crippen molar-refractivity contribution in [3.63, 3.8) is 0 Å². The van der Waals surface area contributed by atoms with E-state index in [1.165, 1.54) is 30.0 Å². The van der Waals surface area contributed by atoms with Crippen LogP contribution in [0.1, 0.15) is 89.2 Å². The molecular formula is C36H41Cl5N4O3. The highest BCUT2D eigenvalue weighted by molar-refractivity contribution is 6.43. The van der Waals surface area contributed by atoms with Gasteiger partial charge in [0.2, 0.25) is 0 Å². The molecule has 0 aliphatic carbocycles. The number of carbonyl (C=O) groups excluding carboxylic acids is 2. The van der Waals surface area contributed by atoms with Crippen LogP contribution in [0.2, 0.25) is 20.1 Å². The van der Waals surface area contributed by atoms with Crippen LogP contribution >= 0.6 is 58.2 Å². The van der Waals surface area contributed by atoms with Crippen molar-refractivity contribution in [2.75, 3.05) is 5.43 Å². The van der Waals surface area contributed by atoms with Crippen LogP contribution in [0.5, 0.6) is 5.75 Å². The summed E-state index contributed by atoms with van der Waals surface area (Å²) in [5, 5.41) is 5.85. The van der Waals surface area contributed by atoms with Crippen molar-refractivity contribution in [2.24, 2.45) is 15.9 Å². The first-order chi connectivity index (χ1) is 22.4. The van der Waals surface area contributed by atoms with Crippen molar-refractivity contribution in [1.29, 1.82) is 0 Å². The quantitative estimate of drug-likeness (QED) is 0.156. The number of hydrazone groups is 1. The van der Waals surface area contributed by atoms with Gasteiger partial charge in [-0.05, 0) is 65.1 Å². The third-order valence-electron chi connectivity index (χ3n) is 7.38. The largest absolute Gasteiger partial charge is 0.469 e. The summed E-state index contributed by atoms with van der Waals surface area (Å²) in [6.45, 7) is 15.1. The number of nitrogens with one attached hydrogen (secondary N) is 1. The molecular weight excluding hydrogens is 714 g/mol. The monoisotopic (exact) mass is 752 g/mol. The molecule has 2 amide bonds. The molecule has 4 rings (SSSR count). The number of rotatable bonds is 11. The molecule has 0 fully saturated rings. The number of nitrogens with zero attached hydrogens (tertiary/aromatic N) is 3. The van der Waals surface area contributed by atoms with Crippen molar-refractivity contribution < 1.29 is 14.3 Å². The Morgan fingerprint density at radius 2 is 1.58 bits per heavy atom. The van der Waals surface area contributed by atoms with E-state index >= 15 is 0 Å². The second-order valence-corrected chi connectivity index (χ2v) is 16.3. The van der Waals surface area contributed by atoms with E-state index < -0.39 is 12.1 Å². The van der Waals surface area contributed by atoms with E-state index in [0.717, 1.165) is 27.9 Å². The Labute approximate surface area is 308 Å². The Morgan fingerprint density at radius 3 is 2.15 bits per heavy atom. The molecule has 0 spiro atoms. The Bertz CT molecular complexity index is 1690. The number of carbonyl (C=O) groups is 2. The lowest BCUT2D eigenvalue weighted by Crippen LogP contribution is -2.38. The number of ether oxygens (including phenoxy) is 1. The van der Waals surface area contributed by atoms with Crippen LogP contribution < -0.4 is 10.2 Å². The zero-order valence-electron chi connectivity index (χ0n) is 28.2. The molecule has 0 saturated heterocycles. The van der Waals surface area contributed by atoms with Crippen LogP contribution in [0.4, 0.5) is 5.69 Å². The molecule has 12 heteroatoms. The molecule has 1 aliphatic rings. The van der Waals surface area contributed by atoms with Crippen LogP contribution in [0.25, 0.3) is 11.1 Å². The molecule has 3 aromatic rings. The molecule has 7 nitrogen and oxygen atoms in total. The second kappa shape index (κ2) is 15.5. The fraction of sp³-hybridized carbons (Fsp3) is 0.417. The molecule has 1 aliphatic heterocycles. The Hall–Kier alpha value is -2.68. The molecule has 1 unspecified atom stereocenters. The summed E-state index contributed by atoms with van der Waals surface area (Å²) in [6.07, 6.45) is 3.48. The van der Waals surface area contributed by atoms with Crippen molar-refractivity contribution in [3.8, 4) is 16.9 Å². The van der Waals surface area contributed by atoms with E-state index in [0.29, 0.717) is 29.3 Å². The number of hydrazine groups is 1. The minimum Gasteiger partial charge on any atom is -0.469 e. The fourth-order valence-electron chi connectivity index (χ4n) is 5.51. The van der Waals surface area contributed by atoms with E-state index in [1.54, 1.807) is 6.07 Å². The topological polar surface area (TPSA) is 74.2 Å². The minimum absolute atomic E-state index is 0.00134. The molecule has 48 heavy (non-hydrogen) atoms. The van der Waals surface area contributed by atoms with Crippen molar-refractivity contribution in [1.82, 2.24) is 9.54 Å². The minimum atomic E-state index is -0.863. The van der Waals surface area contributed by atoms with Crippen LogP contribution in [0, 0.1) is 10.8 Å². The van der Waals surface area contributed by atoms with Gasteiger partial charge < -0.3 is 4.74 Å². The summed E-state index contributed by atoms with van der Waals surface area (Å²) in [5.41, 5.74) is 6.06. The lowest BCUT2D eigenvalue weighted by atomic mass is 9.84. The van der Waals surface area contributed by atoms with Crippen molar-refractivity contribution in [3.05, 3.63) is 79.2 Å². The van der Waals surface area contributed by atoms with Gasteiger partial charge in [0.1, 0.15) is 5.75 Å². The van der Waals surface area contributed by atoms with Gasteiger partial charge in [-0.2, -0.15) is 5.10 Å². The maximum absolute atomic E-state index is 14.5. The van der Waals surface area contributed by atoms with Gasteiger partial charge in [0.25, 0.3) is 11.8 Å². The summed E-state index contributed by atoms with van der Waals surface area (Å²) >= 11 is 33.4. The summed E-state index contributed by atoms with van der Waals surface area (Å²) in [7, 11) is 0. The third-order valence-corrected chi connectivity index (χ3v) is 8.88. The fourth-order valence-corrected chi connectivity index (χ4v) is 6.97. The average molecular weight is 755 g/mol. The summed E-state index contributed by atoms with van der Waals surface area (Å²) in [5.74, 6) is -0.304. The maximum Gasteiger partial charge on any atom is 0.273 e. The van der Waals surface area contributed by atoms with E-state index in [2.05, 4.69) is 64.2 Å². The van der Waals surface area contributed by atoms with E-state index in [1.807, 2.05) is 13.0 Å². The number of benzene rings is 3. The molecule has 1 atom stereocenters. The molecule has 0 aromatic heterocycles. The number of amides is 2. The zero-order chi connectivity index (χ0) is 35.6. The van der Waals surface area contributed by atoms with Crippen molar-refractivity contribution in [2.45, 2.75) is 86.8 Å². The summed E-state index contributed by atoms with van der Waals surface area (Å²) in [6, 6.07) is 12.3. The first kappa shape index (κ1) is 38.1. The molecule has 0 saturated carbocycles. The van der Waals surface area contributed by atoms with E-state index in [4.69, 9.17) is 62.9 Å². The van der Waals surface area contributed by atoms with Gasteiger partial charge in [-0.25, -0.2) is 4.42 Å². The van der Waals surface area contributed by atoms with E-state index in [9.17, 15) is 9.59 Å². The van der Waals surface area contributed by atoms with Gasteiger partial charge in [-0.1, -0.05) is 113 Å². The van der Waals surface area contributed by atoms with Gasteiger partial charge in [-0.3, -0.25) is 15.0 Å². The first-order valence-corrected chi connectivity index (χ1v) is 17.6. The number of hydrogen-bond acceptors (Lipinski definition) is 5. The van der Waals surface area contributed by atoms with E-state index in [-0.39, 0.29) is 54.9 Å². The molecule has 0 bridgehead atoms. The highest BCUT2D eigenvalue weighted by atomic mass is 35.5. The molecule has 1 heterocycles. The van der Waals surface area contributed by atoms with Gasteiger partial charge in [-0.15, -0.1) is 5.12 Å². The molecule has 1 N–H and O–H groups in total. The number of anilines is 1. The van der Waals surface area contributed by atoms with Crippen molar-refractivity contribution >= 4 is 81.9 Å². The van der Waals surface area contributed by atoms with Crippen LogP contribution in [0.15, 0.2) is 47.6 Å². The standard InChI is InChI=1S/C36H41Cl5N4O3/c1-8-9-30(48-28-13-10-21(19-35(2,3)4)16-22(28)20-36(5,6)7)44(41)34(47)32-24(38)11-12-27(43-45-29(46)14-15-42-45)33(32)31-25(39)17-23(37)18-26(31)40/h10-13,15-18,30,43H,8-9,14,19-20H2,1-7H3. The van der Waals surface area contributed by atoms with Crippen LogP contribution in [0.3, 0.4) is 0 Å². The normalized spacial score (nSPS) is 14.0. The average Bonchev–Trinajstić information content (AvgIpc) is 3.36. The highest BCUT2D eigenvalue weighted by Crippen LogP contribution is 2.45. The lowest BCUT2D eigenvalue weighted by molar-refractivity contribution is -0.127. The predicted molar refractivity (Wildman–Crippen MR) is 200 cm³/mol. The van der Waals surface area contributed by atoms with Crippen LogP contribution in [-0.2, 0) is 17.6 Å². The van der Waals surface area contributed by atoms with Gasteiger partial charge in [0, 0.05) is 40.6 Å². The Balaban J connectivity index is 1.81. The number of halogens is 5. The number of hydrogen-bond donors (Lipinski definition) is 1. The zero-order valence-corrected chi connectivity index (χ0v) is 32.0. The third kappa shape index (κ3) is 9.51. The smallest absolute Gasteiger partial charge is 0.273 e. The van der Waals surface area contributed by atoms with Gasteiger partial charge in [0.15, 0.2) is 6.23 Å². The highest BCUT2D eigenvalue weighted by Gasteiger charge is 2.33. The maximum atomic E-state index is 14.5. The van der Waals surface area contributed by atoms with Crippen LogP contribution in [-0.4, -0.2) is 33.8 Å². The molecule has 3 aromatic carbocycles. The van der Waals surface area contributed by atoms with Gasteiger partial charge in [0.05, 0.1) is 32.7 Å². The Morgan fingerprint density at radius 1 is 0.938 bits per heavy atom. The second-order valence-electron chi connectivity index (χ2n) is 14.3. The SMILES string of the molecule is CCCC(Oc1ccc(CC(C)(C)C)cc1CC(C)(C)C)N(Cl)C(=O)c1c(Cl)ccc(NN2N=CCC2=O)c1-c1c(Cl)cc(Cl)cc1Cl. The predicted octanol–water partition coefficient (Wildman–Crippen LogP) is 11.5. The van der Waals surface area contributed by atoms with Gasteiger partial charge >= 0.3 is 0 Å². The lowest BCUT2D eigenvalue weighted by Gasteiger charge is -2.30. The molecule has 0 radical (unpaired) electrons. The Kier molecular flexibility index (Phi) is 12.3.